The second-order valence-electron chi connectivity index (χ2n) is 4.27. The van der Waals surface area contributed by atoms with Gasteiger partial charge in [-0.15, -0.1) is 0 Å². The number of aryl methyl sites for hydroxylation is 1. The van der Waals surface area contributed by atoms with E-state index in [1.807, 2.05) is 25.1 Å². The second-order valence-corrected chi connectivity index (χ2v) is 4.27. The first kappa shape index (κ1) is 11.4. The molecule has 0 spiro atoms. The number of aromatic amines is 1. The highest BCUT2D eigenvalue weighted by atomic mass is 16.1. The molecule has 0 aliphatic rings. The largest absolute Gasteiger partial charge is 0.296 e. The molecule has 19 heavy (non-hydrogen) atoms. The first-order valence-corrected chi connectivity index (χ1v) is 5.89. The fraction of sp³-hybridized carbons (Fsp3) is 0.0714. The standard InChI is InChI=1S/C14H12N4O/c1-10-6-11(8-15-7-10)12-9-17-18(14(12)19)13-4-2-3-5-16-13/h2-9,17H,1H3. The zero-order valence-corrected chi connectivity index (χ0v) is 10.4. The van der Waals surface area contributed by atoms with Gasteiger partial charge in [0.1, 0.15) is 0 Å². The SMILES string of the molecule is Cc1cncc(-c2c[nH]n(-c3ccccn3)c2=O)c1. The summed E-state index contributed by atoms with van der Waals surface area (Å²) in [5.74, 6) is 0.569. The quantitative estimate of drug-likeness (QED) is 0.758. The van der Waals surface area contributed by atoms with Crippen molar-refractivity contribution in [2.75, 3.05) is 0 Å². The van der Waals surface area contributed by atoms with Gasteiger partial charge in [-0.1, -0.05) is 6.07 Å². The van der Waals surface area contributed by atoms with Crippen LogP contribution < -0.4 is 5.56 Å². The Labute approximate surface area is 109 Å². The van der Waals surface area contributed by atoms with Crippen LogP contribution >= 0.6 is 0 Å². The van der Waals surface area contributed by atoms with Gasteiger partial charge in [-0.05, 0) is 30.7 Å². The highest BCUT2D eigenvalue weighted by Gasteiger charge is 2.10. The van der Waals surface area contributed by atoms with Gasteiger partial charge in [-0.25, -0.2) is 9.67 Å². The number of rotatable bonds is 2. The molecule has 94 valence electrons. The van der Waals surface area contributed by atoms with Gasteiger partial charge in [0.05, 0.1) is 5.56 Å². The molecular formula is C14H12N4O. The Kier molecular flexibility index (Phi) is 2.72. The molecule has 1 N–H and O–H groups in total. The van der Waals surface area contributed by atoms with Gasteiger partial charge in [0.15, 0.2) is 5.82 Å². The molecule has 0 saturated heterocycles. The van der Waals surface area contributed by atoms with Crippen LogP contribution in [0.1, 0.15) is 5.56 Å². The Morgan fingerprint density at radius 3 is 2.89 bits per heavy atom. The van der Waals surface area contributed by atoms with Gasteiger partial charge in [-0.3, -0.25) is 14.9 Å². The summed E-state index contributed by atoms with van der Waals surface area (Å²) in [7, 11) is 0. The molecule has 0 unspecified atom stereocenters. The Hall–Kier alpha value is -2.69. The molecule has 0 fully saturated rings. The molecule has 0 aliphatic heterocycles. The van der Waals surface area contributed by atoms with E-state index in [2.05, 4.69) is 15.1 Å². The summed E-state index contributed by atoms with van der Waals surface area (Å²) in [5.41, 5.74) is 2.27. The highest BCUT2D eigenvalue weighted by Crippen LogP contribution is 2.15. The maximum atomic E-state index is 12.3. The van der Waals surface area contributed by atoms with Crippen molar-refractivity contribution in [3.8, 4) is 16.9 Å². The Balaban J connectivity index is 2.12. The number of H-pyrrole nitrogens is 1. The summed E-state index contributed by atoms with van der Waals surface area (Å²) < 4.78 is 1.41. The van der Waals surface area contributed by atoms with Crippen LogP contribution in [0, 0.1) is 6.92 Å². The van der Waals surface area contributed by atoms with Gasteiger partial charge >= 0.3 is 0 Å². The predicted molar refractivity (Wildman–Crippen MR) is 72.2 cm³/mol. The van der Waals surface area contributed by atoms with E-state index in [9.17, 15) is 4.79 Å². The van der Waals surface area contributed by atoms with Crippen LogP contribution in [0.5, 0.6) is 0 Å². The van der Waals surface area contributed by atoms with Crippen LogP contribution in [0.2, 0.25) is 0 Å². The number of hydrogen-bond donors (Lipinski definition) is 1. The van der Waals surface area contributed by atoms with E-state index < -0.39 is 0 Å². The summed E-state index contributed by atoms with van der Waals surface area (Å²) in [5, 5.41) is 2.92. The molecule has 0 aliphatic carbocycles. The molecule has 3 heterocycles. The molecule has 0 amide bonds. The number of aromatic nitrogens is 4. The average molecular weight is 252 g/mol. The van der Waals surface area contributed by atoms with Crippen LogP contribution in [-0.2, 0) is 0 Å². The third-order valence-corrected chi connectivity index (χ3v) is 2.84. The minimum absolute atomic E-state index is 0.133. The Morgan fingerprint density at radius 2 is 2.16 bits per heavy atom. The third kappa shape index (κ3) is 2.06. The number of pyridine rings is 2. The van der Waals surface area contributed by atoms with Gasteiger partial charge in [-0.2, -0.15) is 0 Å². The van der Waals surface area contributed by atoms with Crippen molar-refractivity contribution in [3.63, 3.8) is 0 Å². The summed E-state index contributed by atoms with van der Waals surface area (Å²) in [6.07, 6.45) is 6.76. The molecule has 0 atom stereocenters. The zero-order valence-electron chi connectivity index (χ0n) is 10.4. The molecule has 0 saturated carbocycles. The first-order valence-electron chi connectivity index (χ1n) is 5.89. The van der Waals surface area contributed by atoms with Crippen LogP contribution in [0.4, 0.5) is 0 Å². The lowest BCUT2D eigenvalue weighted by Crippen LogP contribution is -2.16. The number of nitrogens with one attached hydrogen (secondary N) is 1. The minimum Gasteiger partial charge on any atom is -0.296 e. The van der Waals surface area contributed by atoms with E-state index in [4.69, 9.17) is 0 Å². The van der Waals surface area contributed by atoms with Crippen molar-refractivity contribution in [3.05, 3.63) is 65.0 Å². The first-order chi connectivity index (χ1) is 9.25. The van der Waals surface area contributed by atoms with Gasteiger partial charge in [0.25, 0.3) is 5.56 Å². The molecule has 5 nitrogen and oxygen atoms in total. The van der Waals surface area contributed by atoms with Crippen molar-refractivity contribution in [2.45, 2.75) is 6.92 Å². The van der Waals surface area contributed by atoms with E-state index in [1.54, 1.807) is 30.9 Å². The van der Waals surface area contributed by atoms with Crippen LogP contribution in [-0.4, -0.2) is 19.7 Å². The van der Waals surface area contributed by atoms with Gasteiger partial charge in [0, 0.05) is 30.4 Å². The predicted octanol–water partition coefficient (Wildman–Crippen LogP) is 1.93. The molecule has 3 rings (SSSR count). The van der Waals surface area contributed by atoms with E-state index >= 15 is 0 Å². The maximum Gasteiger partial charge on any atom is 0.280 e. The lowest BCUT2D eigenvalue weighted by Gasteiger charge is -1.99. The molecule has 0 radical (unpaired) electrons. The normalized spacial score (nSPS) is 10.6. The highest BCUT2D eigenvalue weighted by molar-refractivity contribution is 5.61. The fourth-order valence-electron chi connectivity index (χ4n) is 1.94. The van der Waals surface area contributed by atoms with E-state index in [0.717, 1.165) is 11.1 Å². The maximum absolute atomic E-state index is 12.3. The van der Waals surface area contributed by atoms with Crippen molar-refractivity contribution in [1.82, 2.24) is 19.7 Å². The average Bonchev–Trinajstić information content (AvgIpc) is 2.81. The monoisotopic (exact) mass is 252 g/mol. The molecule has 3 aromatic heterocycles. The van der Waals surface area contributed by atoms with Crippen LogP contribution in [0.25, 0.3) is 16.9 Å². The van der Waals surface area contributed by atoms with Crippen molar-refractivity contribution in [2.24, 2.45) is 0 Å². The van der Waals surface area contributed by atoms with E-state index in [1.165, 1.54) is 4.68 Å². The van der Waals surface area contributed by atoms with Crippen LogP contribution in [0.3, 0.4) is 0 Å². The lowest BCUT2D eigenvalue weighted by atomic mass is 10.1. The molecule has 5 heteroatoms. The topological polar surface area (TPSA) is 63.6 Å². The summed E-state index contributed by atoms with van der Waals surface area (Å²) in [6.45, 7) is 1.94. The third-order valence-electron chi connectivity index (χ3n) is 2.84. The molecule has 0 bridgehead atoms. The second kappa shape index (κ2) is 4.53. The zero-order chi connectivity index (χ0) is 13.2. The van der Waals surface area contributed by atoms with Gasteiger partial charge < -0.3 is 0 Å². The van der Waals surface area contributed by atoms with Crippen molar-refractivity contribution in [1.29, 1.82) is 0 Å². The minimum atomic E-state index is -0.133. The smallest absolute Gasteiger partial charge is 0.280 e. The van der Waals surface area contributed by atoms with Crippen LogP contribution in [0.15, 0.2) is 53.8 Å². The Bertz CT molecular complexity index is 758. The van der Waals surface area contributed by atoms with E-state index in [-0.39, 0.29) is 5.56 Å². The lowest BCUT2D eigenvalue weighted by molar-refractivity contribution is 0.819. The number of hydrogen-bond acceptors (Lipinski definition) is 3. The fourth-order valence-corrected chi connectivity index (χ4v) is 1.94. The molecular weight excluding hydrogens is 240 g/mol. The van der Waals surface area contributed by atoms with E-state index in [0.29, 0.717) is 11.4 Å². The Morgan fingerprint density at radius 1 is 1.26 bits per heavy atom. The molecule has 3 aromatic rings. The van der Waals surface area contributed by atoms with Gasteiger partial charge in [0.2, 0.25) is 0 Å². The summed E-state index contributed by atoms with van der Waals surface area (Å²) in [4.78, 5) is 20.6. The van der Waals surface area contributed by atoms with Crippen molar-refractivity contribution >= 4 is 0 Å². The van der Waals surface area contributed by atoms with Crippen molar-refractivity contribution < 1.29 is 0 Å². The molecule has 0 aromatic carbocycles. The number of nitrogens with zero attached hydrogens (tertiary/aromatic N) is 3. The summed E-state index contributed by atoms with van der Waals surface area (Å²) >= 11 is 0. The summed E-state index contributed by atoms with van der Waals surface area (Å²) in [6, 6.07) is 7.35.